The van der Waals surface area contributed by atoms with Crippen molar-refractivity contribution in [3.05, 3.63) is 50.6 Å². The largest absolute Gasteiger partial charge is 0.483 e. The van der Waals surface area contributed by atoms with Crippen LogP contribution in [-0.4, -0.2) is 6.04 Å². The van der Waals surface area contributed by atoms with Gasteiger partial charge in [-0.25, -0.2) is 0 Å². The quantitative estimate of drug-likeness (QED) is 0.858. The zero-order valence-electron chi connectivity index (χ0n) is 11.1. The van der Waals surface area contributed by atoms with E-state index in [2.05, 4.69) is 41.2 Å². The van der Waals surface area contributed by atoms with Crippen LogP contribution in [0.5, 0.6) is 5.75 Å². The molecule has 1 heterocycles. The highest BCUT2D eigenvalue weighted by Crippen LogP contribution is 2.31. The van der Waals surface area contributed by atoms with Crippen LogP contribution in [0.15, 0.2) is 40.2 Å². The van der Waals surface area contributed by atoms with Crippen molar-refractivity contribution >= 4 is 27.3 Å². The Kier molecular flexibility index (Phi) is 5.02. The molecule has 0 amide bonds. The minimum atomic E-state index is -0.0935. The monoisotopic (exact) mass is 339 g/mol. The second kappa shape index (κ2) is 6.55. The smallest absolute Gasteiger partial charge is 0.148 e. The number of hydrogen-bond donors (Lipinski definition) is 1. The van der Waals surface area contributed by atoms with Crippen molar-refractivity contribution in [2.75, 3.05) is 0 Å². The molecule has 102 valence electrons. The van der Waals surface area contributed by atoms with E-state index in [9.17, 15) is 0 Å². The number of aryl methyl sites for hydroxylation is 1. The summed E-state index contributed by atoms with van der Waals surface area (Å²) in [7, 11) is 0. The molecule has 0 saturated carbocycles. The van der Waals surface area contributed by atoms with Crippen LogP contribution >= 0.6 is 27.3 Å². The van der Waals surface area contributed by atoms with E-state index < -0.39 is 0 Å². The lowest BCUT2D eigenvalue weighted by atomic mass is 10.1. The maximum atomic E-state index is 6.20. The number of thiophene rings is 1. The van der Waals surface area contributed by atoms with Gasteiger partial charge in [0.2, 0.25) is 0 Å². The van der Waals surface area contributed by atoms with Gasteiger partial charge in [-0.05, 0) is 47.5 Å². The minimum absolute atomic E-state index is 0.00754. The van der Waals surface area contributed by atoms with Gasteiger partial charge in [-0.15, -0.1) is 11.3 Å². The van der Waals surface area contributed by atoms with Gasteiger partial charge in [0.15, 0.2) is 0 Å². The van der Waals surface area contributed by atoms with Crippen LogP contribution in [0.4, 0.5) is 0 Å². The Morgan fingerprint density at radius 3 is 2.53 bits per heavy atom. The lowest BCUT2D eigenvalue weighted by molar-refractivity contribution is 0.174. The lowest BCUT2D eigenvalue weighted by Crippen LogP contribution is -2.30. The fourth-order valence-corrected chi connectivity index (χ4v) is 3.36. The molecule has 0 spiro atoms. The van der Waals surface area contributed by atoms with E-state index in [-0.39, 0.29) is 12.1 Å². The summed E-state index contributed by atoms with van der Waals surface area (Å²) >= 11 is 5.15. The summed E-state index contributed by atoms with van der Waals surface area (Å²) in [6.45, 7) is 4.15. The first-order chi connectivity index (χ1) is 9.10. The molecule has 0 radical (unpaired) electrons. The molecular formula is C15H18BrNOS. The van der Waals surface area contributed by atoms with Crippen molar-refractivity contribution in [2.24, 2.45) is 5.73 Å². The molecule has 2 atom stereocenters. The first-order valence-corrected chi connectivity index (χ1v) is 8.00. The average molecular weight is 340 g/mol. The van der Waals surface area contributed by atoms with Gasteiger partial charge < -0.3 is 10.5 Å². The summed E-state index contributed by atoms with van der Waals surface area (Å²) < 4.78 is 7.16. The van der Waals surface area contributed by atoms with Crippen LogP contribution in [-0.2, 0) is 0 Å². The number of hydrogen-bond acceptors (Lipinski definition) is 3. The summed E-state index contributed by atoms with van der Waals surface area (Å²) in [5.74, 6) is 0.865. The van der Waals surface area contributed by atoms with Gasteiger partial charge in [-0.3, -0.25) is 0 Å². The molecule has 4 heteroatoms. The molecule has 0 saturated heterocycles. The van der Waals surface area contributed by atoms with Crippen LogP contribution in [0.2, 0.25) is 0 Å². The van der Waals surface area contributed by atoms with Gasteiger partial charge in [-0.2, -0.15) is 0 Å². The van der Waals surface area contributed by atoms with Crippen molar-refractivity contribution in [3.8, 4) is 5.75 Å². The molecule has 0 aliphatic carbocycles. The van der Waals surface area contributed by atoms with E-state index in [1.165, 1.54) is 5.56 Å². The standard InChI is InChI=1S/C15H18BrNOS/c1-3-13(17)15(14-8-11(16)9-19-14)18-12-6-4-10(2)5-7-12/h4-9,13,15H,3,17H2,1-2H3. The third-order valence-electron chi connectivity index (χ3n) is 3.01. The number of ether oxygens (including phenoxy) is 1. The molecule has 2 rings (SSSR count). The van der Waals surface area contributed by atoms with E-state index in [1.54, 1.807) is 11.3 Å². The summed E-state index contributed by atoms with van der Waals surface area (Å²) in [6, 6.07) is 10.2. The Bertz CT molecular complexity index is 523. The molecule has 1 aromatic carbocycles. The van der Waals surface area contributed by atoms with Crippen molar-refractivity contribution in [2.45, 2.75) is 32.4 Å². The first kappa shape index (κ1) is 14.6. The van der Waals surface area contributed by atoms with Crippen molar-refractivity contribution < 1.29 is 4.74 Å². The third-order valence-corrected chi connectivity index (χ3v) is 4.77. The number of rotatable bonds is 5. The van der Waals surface area contributed by atoms with Crippen LogP contribution in [0, 0.1) is 6.92 Å². The fraction of sp³-hybridized carbons (Fsp3) is 0.333. The Balaban J connectivity index is 2.21. The molecule has 19 heavy (non-hydrogen) atoms. The van der Waals surface area contributed by atoms with Gasteiger partial charge in [-0.1, -0.05) is 24.6 Å². The van der Waals surface area contributed by atoms with Gasteiger partial charge in [0.1, 0.15) is 11.9 Å². The van der Waals surface area contributed by atoms with Gasteiger partial charge >= 0.3 is 0 Å². The Labute approximate surface area is 126 Å². The van der Waals surface area contributed by atoms with E-state index in [4.69, 9.17) is 10.5 Å². The Morgan fingerprint density at radius 2 is 2.00 bits per heavy atom. The van der Waals surface area contributed by atoms with E-state index in [0.29, 0.717) is 0 Å². The van der Waals surface area contributed by atoms with Crippen LogP contribution < -0.4 is 10.5 Å². The second-order valence-electron chi connectivity index (χ2n) is 4.59. The maximum Gasteiger partial charge on any atom is 0.148 e. The summed E-state index contributed by atoms with van der Waals surface area (Å²) in [4.78, 5) is 1.15. The Hall–Kier alpha value is -0.840. The lowest BCUT2D eigenvalue weighted by Gasteiger charge is -2.23. The Morgan fingerprint density at radius 1 is 1.32 bits per heavy atom. The number of nitrogens with two attached hydrogens (primary N) is 1. The zero-order valence-corrected chi connectivity index (χ0v) is 13.5. The van der Waals surface area contributed by atoms with Gasteiger partial charge in [0, 0.05) is 20.8 Å². The van der Waals surface area contributed by atoms with Crippen LogP contribution in [0.25, 0.3) is 0 Å². The highest BCUT2D eigenvalue weighted by Gasteiger charge is 2.22. The predicted molar refractivity (Wildman–Crippen MR) is 84.8 cm³/mol. The van der Waals surface area contributed by atoms with Crippen LogP contribution in [0.1, 0.15) is 29.9 Å². The van der Waals surface area contributed by atoms with Crippen LogP contribution in [0.3, 0.4) is 0 Å². The zero-order chi connectivity index (χ0) is 13.8. The molecule has 0 aliphatic heterocycles. The summed E-state index contributed by atoms with van der Waals surface area (Å²) in [6.07, 6.45) is 0.787. The minimum Gasteiger partial charge on any atom is -0.483 e. The molecule has 1 aromatic heterocycles. The maximum absolute atomic E-state index is 6.20. The highest BCUT2D eigenvalue weighted by atomic mass is 79.9. The number of halogens is 1. The average Bonchev–Trinajstić information content (AvgIpc) is 2.83. The van der Waals surface area contributed by atoms with E-state index in [0.717, 1.165) is 21.5 Å². The number of benzene rings is 1. The van der Waals surface area contributed by atoms with Gasteiger partial charge in [0.25, 0.3) is 0 Å². The van der Waals surface area contributed by atoms with Crippen molar-refractivity contribution in [3.63, 3.8) is 0 Å². The molecule has 0 aliphatic rings. The molecule has 2 nitrogen and oxygen atoms in total. The summed E-state index contributed by atoms with van der Waals surface area (Å²) in [5.41, 5.74) is 7.43. The summed E-state index contributed by atoms with van der Waals surface area (Å²) in [5, 5.41) is 2.06. The van der Waals surface area contributed by atoms with Crippen molar-refractivity contribution in [1.82, 2.24) is 0 Å². The van der Waals surface area contributed by atoms with E-state index in [1.807, 2.05) is 24.3 Å². The highest BCUT2D eigenvalue weighted by molar-refractivity contribution is 9.10. The molecule has 2 unspecified atom stereocenters. The fourth-order valence-electron chi connectivity index (χ4n) is 1.81. The topological polar surface area (TPSA) is 35.2 Å². The second-order valence-corrected chi connectivity index (χ2v) is 6.45. The predicted octanol–water partition coefficient (Wildman–Crippen LogP) is 4.68. The molecular weight excluding hydrogens is 322 g/mol. The van der Waals surface area contributed by atoms with E-state index >= 15 is 0 Å². The molecule has 0 fully saturated rings. The first-order valence-electron chi connectivity index (χ1n) is 6.33. The van der Waals surface area contributed by atoms with Gasteiger partial charge in [0.05, 0.1) is 0 Å². The SMILES string of the molecule is CCC(N)C(Oc1ccc(C)cc1)c1cc(Br)cs1. The third kappa shape index (κ3) is 3.81. The normalized spacial score (nSPS) is 14.1. The molecule has 0 bridgehead atoms. The molecule has 2 N–H and O–H groups in total. The van der Waals surface area contributed by atoms with Crippen molar-refractivity contribution in [1.29, 1.82) is 0 Å². The molecule has 2 aromatic rings.